The third-order valence-corrected chi connectivity index (χ3v) is 4.13. The van der Waals surface area contributed by atoms with Crippen molar-refractivity contribution >= 4 is 0 Å². The van der Waals surface area contributed by atoms with Gasteiger partial charge in [-0.3, -0.25) is 4.90 Å². The quantitative estimate of drug-likeness (QED) is 0.868. The Balaban J connectivity index is 2.27. The number of rotatable bonds is 6. The van der Waals surface area contributed by atoms with Crippen LogP contribution < -0.4 is 0 Å². The van der Waals surface area contributed by atoms with Gasteiger partial charge < -0.3 is 9.84 Å². The average Bonchev–Trinajstić information content (AvgIpc) is 2.67. The van der Waals surface area contributed by atoms with Gasteiger partial charge in [-0.1, -0.05) is 12.8 Å². The Labute approximate surface area is 133 Å². The molecule has 126 valence electrons. The molecule has 1 aliphatic heterocycles. The molecule has 1 aliphatic rings. The minimum absolute atomic E-state index is 0.286. The molecular weight excluding hydrogens is 280 g/mol. The van der Waals surface area contributed by atoms with Crippen molar-refractivity contribution in [3.63, 3.8) is 0 Å². The Morgan fingerprint density at radius 1 is 1.32 bits per heavy atom. The summed E-state index contributed by atoms with van der Waals surface area (Å²) in [5, 5.41) is 14.8. The van der Waals surface area contributed by atoms with Gasteiger partial charge in [0.2, 0.25) is 0 Å². The minimum Gasteiger partial charge on any atom is -0.389 e. The molecule has 0 aromatic carbocycles. The molecule has 1 aromatic rings. The molecule has 6 heteroatoms. The van der Waals surface area contributed by atoms with Crippen LogP contribution in [0.2, 0.25) is 0 Å². The first-order valence-electron chi connectivity index (χ1n) is 8.26. The molecule has 0 amide bonds. The lowest BCUT2D eigenvalue weighted by molar-refractivity contribution is 0.0545. The fourth-order valence-corrected chi connectivity index (χ4v) is 3.01. The topological polar surface area (TPSA) is 63.4 Å². The van der Waals surface area contributed by atoms with Crippen molar-refractivity contribution in [2.45, 2.75) is 64.1 Å². The van der Waals surface area contributed by atoms with E-state index in [1.165, 1.54) is 19.3 Å². The normalized spacial score (nSPS) is 21.0. The van der Waals surface area contributed by atoms with Crippen molar-refractivity contribution in [2.75, 3.05) is 27.3 Å². The number of ether oxygens (including phenoxy) is 1. The van der Waals surface area contributed by atoms with E-state index in [9.17, 15) is 5.11 Å². The minimum atomic E-state index is -0.801. The predicted octanol–water partition coefficient (Wildman–Crippen LogP) is 1.78. The first-order valence-corrected chi connectivity index (χ1v) is 8.26. The first-order chi connectivity index (χ1) is 10.4. The highest BCUT2D eigenvalue weighted by Gasteiger charge is 2.27. The molecule has 2 rings (SSSR count). The monoisotopic (exact) mass is 310 g/mol. The summed E-state index contributed by atoms with van der Waals surface area (Å²) in [6.07, 6.45) is 5.54. The molecule has 0 bridgehead atoms. The average molecular weight is 310 g/mol. The van der Waals surface area contributed by atoms with Gasteiger partial charge in [-0.2, -0.15) is 5.10 Å². The molecule has 1 N–H and O–H groups in total. The van der Waals surface area contributed by atoms with E-state index in [-0.39, 0.29) is 6.04 Å². The van der Waals surface area contributed by atoms with Crippen LogP contribution in [0.5, 0.6) is 0 Å². The van der Waals surface area contributed by atoms with Crippen LogP contribution in [0.1, 0.15) is 57.2 Å². The number of aliphatic hydroxyl groups is 1. The summed E-state index contributed by atoms with van der Waals surface area (Å²) in [4.78, 5) is 7.14. The van der Waals surface area contributed by atoms with Crippen LogP contribution in [0.3, 0.4) is 0 Å². The summed E-state index contributed by atoms with van der Waals surface area (Å²) >= 11 is 0. The van der Waals surface area contributed by atoms with E-state index >= 15 is 0 Å². The Bertz CT molecular complexity index is 467. The second-order valence-corrected chi connectivity index (χ2v) is 6.94. The lowest BCUT2D eigenvalue weighted by atomic mass is 10.1. The van der Waals surface area contributed by atoms with Gasteiger partial charge in [0.05, 0.1) is 24.8 Å². The summed E-state index contributed by atoms with van der Waals surface area (Å²) in [5.41, 5.74) is -0.801. The zero-order chi connectivity index (χ0) is 16.2. The van der Waals surface area contributed by atoms with Crippen LogP contribution in [0.4, 0.5) is 0 Å². The molecule has 0 spiro atoms. The molecule has 0 aliphatic carbocycles. The van der Waals surface area contributed by atoms with Crippen molar-refractivity contribution < 1.29 is 9.84 Å². The highest BCUT2D eigenvalue weighted by atomic mass is 16.5. The van der Waals surface area contributed by atoms with E-state index in [1.54, 1.807) is 7.11 Å². The molecule has 2 heterocycles. The summed E-state index contributed by atoms with van der Waals surface area (Å²) in [6, 6.07) is 0.286. The van der Waals surface area contributed by atoms with E-state index in [1.807, 2.05) is 18.5 Å². The zero-order valence-electron chi connectivity index (χ0n) is 14.4. The van der Waals surface area contributed by atoms with Crippen molar-refractivity contribution in [2.24, 2.45) is 0 Å². The van der Waals surface area contributed by atoms with Gasteiger partial charge in [-0.25, -0.2) is 9.67 Å². The molecule has 1 atom stereocenters. The summed E-state index contributed by atoms with van der Waals surface area (Å²) in [5.74, 6) is 1.79. The van der Waals surface area contributed by atoms with E-state index in [0.29, 0.717) is 19.6 Å². The molecule has 0 saturated carbocycles. The molecule has 1 fully saturated rings. The first kappa shape index (κ1) is 17.4. The van der Waals surface area contributed by atoms with Crippen LogP contribution in [0.15, 0.2) is 0 Å². The zero-order valence-corrected chi connectivity index (χ0v) is 14.4. The number of hydrogen-bond donors (Lipinski definition) is 1. The second kappa shape index (κ2) is 7.53. The van der Waals surface area contributed by atoms with Crippen LogP contribution in [-0.2, 0) is 17.7 Å². The third-order valence-electron chi connectivity index (χ3n) is 4.13. The summed E-state index contributed by atoms with van der Waals surface area (Å²) in [7, 11) is 3.85. The molecule has 1 aromatic heterocycles. The Morgan fingerprint density at radius 3 is 2.77 bits per heavy atom. The maximum Gasteiger partial charge on any atom is 0.153 e. The largest absolute Gasteiger partial charge is 0.389 e. The fourth-order valence-electron chi connectivity index (χ4n) is 3.01. The van der Waals surface area contributed by atoms with Crippen LogP contribution >= 0.6 is 0 Å². The molecule has 1 saturated heterocycles. The lowest BCUT2D eigenvalue weighted by Crippen LogP contribution is -2.32. The Kier molecular flexibility index (Phi) is 5.94. The van der Waals surface area contributed by atoms with Gasteiger partial charge in [0.25, 0.3) is 0 Å². The van der Waals surface area contributed by atoms with Crippen molar-refractivity contribution in [3.8, 4) is 0 Å². The SMILES string of the molecule is COCCc1nc([C@H]2CCCCCN2C)n(CC(C)(C)O)n1. The number of aromatic nitrogens is 3. The number of nitrogens with zero attached hydrogens (tertiary/aromatic N) is 4. The smallest absolute Gasteiger partial charge is 0.153 e. The van der Waals surface area contributed by atoms with Crippen molar-refractivity contribution in [1.82, 2.24) is 19.7 Å². The van der Waals surface area contributed by atoms with E-state index in [4.69, 9.17) is 9.72 Å². The van der Waals surface area contributed by atoms with Gasteiger partial charge in [0.1, 0.15) is 5.82 Å². The van der Waals surface area contributed by atoms with Crippen molar-refractivity contribution in [1.29, 1.82) is 0 Å². The molecule has 0 unspecified atom stereocenters. The summed E-state index contributed by atoms with van der Waals surface area (Å²) < 4.78 is 7.03. The van der Waals surface area contributed by atoms with E-state index < -0.39 is 5.60 Å². The summed E-state index contributed by atoms with van der Waals surface area (Å²) in [6.45, 7) is 5.79. The van der Waals surface area contributed by atoms with Gasteiger partial charge in [0, 0.05) is 13.5 Å². The second-order valence-electron chi connectivity index (χ2n) is 6.94. The lowest BCUT2D eigenvalue weighted by Gasteiger charge is -2.26. The molecule has 22 heavy (non-hydrogen) atoms. The number of hydrogen-bond acceptors (Lipinski definition) is 5. The number of likely N-dealkylation sites (tertiary alicyclic amines) is 1. The Morgan fingerprint density at radius 2 is 2.09 bits per heavy atom. The molecule has 0 radical (unpaired) electrons. The van der Waals surface area contributed by atoms with Gasteiger partial charge >= 0.3 is 0 Å². The molecule has 6 nitrogen and oxygen atoms in total. The highest BCUT2D eigenvalue weighted by Crippen LogP contribution is 2.28. The van der Waals surface area contributed by atoms with Crippen molar-refractivity contribution in [3.05, 3.63) is 11.6 Å². The van der Waals surface area contributed by atoms with E-state index in [2.05, 4.69) is 17.0 Å². The van der Waals surface area contributed by atoms with Gasteiger partial charge in [-0.15, -0.1) is 0 Å². The van der Waals surface area contributed by atoms with Crippen LogP contribution in [-0.4, -0.2) is 57.7 Å². The van der Waals surface area contributed by atoms with Crippen LogP contribution in [0, 0.1) is 0 Å². The predicted molar refractivity (Wildman–Crippen MR) is 85.7 cm³/mol. The van der Waals surface area contributed by atoms with E-state index in [0.717, 1.165) is 24.6 Å². The standard InChI is InChI=1S/C16H30N4O2/c1-16(2,21)12-20-15(17-14(18-20)9-11-22-4)13-8-6-5-7-10-19(13)3/h13,21H,5-12H2,1-4H3/t13-/m1/s1. The van der Waals surface area contributed by atoms with Gasteiger partial charge in [-0.05, 0) is 40.3 Å². The Hall–Kier alpha value is -0.980. The highest BCUT2D eigenvalue weighted by molar-refractivity contribution is 5.02. The molecular formula is C16H30N4O2. The maximum absolute atomic E-state index is 10.2. The fraction of sp³-hybridized carbons (Fsp3) is 0.875. The number of methoxy groups -OCH3 is 1. The third kappa shape index (κ3) is 4.76. The van der Waals surface area contributed by atoms with Gasteiger partial charge in [0.15, 0.2) is 5.82 Å². The van der Waals surface area contributed by atoms with Crippen LogP contribution in [0.25, 0.3) is 0 Å². The maximum atomic E-state index is 10.2.